The van der Waals surface area contributed by atoms with Gasteiger partial charge in [0.15, 0.2) is 0 Å². The molecule has 0 radical (unpaired) electrons. The molecule has 1 unspecified atom stereocenters. The monoisotopic (exact) mass is 324 g/mol. The molecule has 0 saturated carbocycles. The first-order valence-corrected chi connectivity index (χ1v) is 8.31. The smallest absolute Gasteiger partial charge is 0.230 e. The molecule has 1 atom stereocenters. The molecule has 1 aliphatic rings. The second kappa shape index (κ2) is 6.11. The van der Waals surface area contributed by atoms with E-state index in [0.29, 0.717) is 11.7 Å². The lowest BCUT2D eigenvalue weighted by atomic mass is 9.94. The number of amides is 1. The molecule has 1 saturated heterocycles. The zero-order chi connectivity index (χ0) is 16.5. The summed E-state index contributed by atoms with van der Waals surface area (Å²) in [5, 5.41) is 4.96. The Morgan fingerprint density at radius 1 is 1.46 bits per heavy atom. The number of fused-ring (bicyclic) bond motifs is 1. The third-order valence-corrected chi connectivity index (χ3v) is 4.66. The van der Waals surface area contributed by atoms with Crippen LogP contribution in [0.4, 0.5) is 0 Å². The Bertz CT molecular complexity index is 834. The molecule has 1 fully saturated rings. The molecule has 1 N–H and O–H groups in total. The molecule has 24 heavy (non-hydrogen) atoms. The number of pyridine rings is 1. The summed E-state index contributed by atoms with van der Waals surface area (Å²) in [6, 6.07) is 5.96. The van der Waals surface area contributed by atoms with E-state index in [1.54, 1.807) is 6.20 Å². The fourth-order valence-electron chi connectivity index (χ4n) is 3.43. The highest BCUT2D eigenvalue weighted by molar-refractivity contribution is 5.80. The zero-order valence-corrected chi connectivity index (χ0v) is 13.7. The first kappa shape index (κ1) is 14.9. The summed E-state index contributed by atoms with van der Waals surface area (Å²) in [6.07, 6.45) is 6.04. The van der Waals surface area contributed by atoms with Crippen molar-refractivity contribution in [3.8, 4) is 0 Å². The maximum absolute atomic E-state index is 12.5. The molecule has 4 heterocycles. The Hall–Kier alpha value is -2.63. The van der Waals surface area contributed by atoms with E-state index in [2.05, 4.69) is 21.2 Å². The van der Waals surface area contributed by atoms with E-state index >= 15 is 0 Å². The average molecular weight is 324 g/mol. The van der Waals surface area contributed by atoms with E-state index in [1.807, 2.05) is 30.2 Å². The summed E-state index contributed by atoms with van der Waals surface area (Å²) in [5.74, 6) is 1.08. The van der Waals surface area contributed by atoms with Crippen molar-refractivity contribution in [3.05, 3.63) is 47.7 Å². The highest BCUT2D eigenvalue weighted by Gasteiger charge is 2.26. The lowest BCUT2D eigenvalue weighted by Gasteiger charge is -2.32. The van der Waals surface area contributed by atoms with Gasteiger partial charge >= 0.3 is 0 Å². The maximum Gasteiger partial charge on any atom is 0.230 e. The van der Waals surface area contributed by atoms with E-state index in [1.165, 1.54) is 5.69 Å². The molecule has 3 aromatic heterocycles. The van der Waals surface area contributed by atoms with E-state index in [4.69, 9.17) is 4.52 Å². The number of likely N-dealkylation sites (tertiary alicyclic amines) is 1. The number of aromatic nitrogens is 3. The Morgan fingerprint density at radius 3 is 3.17 bits per heavy atom. The molecule has 4 rings (SSSR count). The molecule has 0 aliphatic carbocycles. The normalized spacial score (nSPS) is 18.2. The number of aryl methyl sites for hydroxylation is 1. The lowest BCUT2D eigenvalue weighted by molar-refractivity contribution is -0.132. The van der Waals surface area contributed by atoms with Crippen LogP contribution in [0.3, 0.4) is 0 Å². The second-order valence-corrected chi connectivity index (χ2v) is 6.48. The van der Waals surface area contributed by atoms with Gasteiger partial charge in [-0.15, -0.1) is 0 Å². The van der Waals surface area contributed by atoms with Crippen LogP contribution in [0, 0.1) is 6.92 Å². The number of nitrogens with one attached hydrogen (secondary N) is 1. The van der Waals surface area contributed by atoms with Crippen LogP contribution >= 0.6 is 0 Å². The summed E-state index contributed by atoms with van der Waals surface area (Å²) in [4.78, 5) is 22.1. The van der Waals surface area contributed by atoms with Gasteiger partial charge in [-0.3, -0.25) is 9.78 Å². The van der Waals surface area contributed by atoms with Crippen LogP contribution in [0.1, 0.15) is 35.9 Å². The van der Waals surface area contributed by atoms with Crippen molar-refractivity contribution in [2.75, 3.05) is 13.1 Å². The van der Waals surface area contributed by atoms with Gasteiger partial charge in [-0.2, -0.15) is 0 Å². The number of piperidine rings is 1. The predicted octanol–water partition coefficient (Wildman–Crippen LogP) is 2.81. The van der Waals surface area contributed by atoms with Crippen LogP contribution in [0.15, 0.2) is 35.1 Å². The minimum atomic E-state index is 0.105. The lowest BCUT2D eigenvalue weighted by Crippen LogP contribution is -2.40. The maximum atomic E-state index is 12.5. The molecule has 124 valence electrons. The average Bonchev–Trinajstić information content (AvgIpc) is 3.21. The van der Waals surface area contributed by atoms with Gasteiger partial charge in [0.1, 0.15) is 5.76 Å². The Balaban J connectivity index is 1.47. The van der Waals surface area contributed by atoms with Crippen molar-refractivity contribution in [1.82, 2.24) is 20.0 Å². The Kier molecular flexibility index (Phi) is 3.80. The van der Waals surface area contributed by atoms with Gasteiger partial charge in [0, 0.05) is 54.1 Å². The molecule has 6 nitrogen and oxygen atoms in total. The van der Waals surface area contributed by atoms with Crippen molar-refractivity contribution in [2.45, 2.75) is 32.1 Å². The van der Waals surface area contributed by atoms with Crippen LogP contribution in [0.5, 0.6) is 0 Å². The van der Waals surface area contributed by atoms with Crippen LogP contribution in [-0.2, 0) is 11.2 Å². The number of carbonyl (C=O) groups excluding carboxylic acids is 1. The van der Waals surface area contributed by atoms with E-state index in [-0.39, 0.29) is 12.3 Å². The van der Waals surface area contributed by atoms with Gasteiger partial charge in [0.2, 0.25) is 5.91 Å². The molecule has 3 aromatic rings. The summed E-state index contributed by atoms with van der Waals surface area (Å²) in [5.41, 5.74) is 3.09. The summed E-state index contributed by atoms with van der Waals surface area (Å²) < 4.78 is 5.17. The van der Waals surface area contributed by atoms with Gasteiger partial charge in [-0.1, -0.05) is 5.16 Å². The van der Waals surface area contributed by atoms with Crippen molar-refractivity contribution in [1.29, 1.82) is 0 Å². The highest BCUT2D eigenvalue weighted by Crippen LogP contribution is 2.29. The molecule has 0 bridgehead atoms. The van der Waals surface area contributed by atoms with Crippen molar-refractivity contribution in [2.24, 2.45) is 0 Å². The first-order valence-electron chi connectivity index (χ1n) is 8.31. The van der Waals surface area contributed by atoms with Crippen LogP contribution in [-0.4, -0.2) is 39.0 Å². The summed E-state index contributed by atoms with van der Waals surface area (Å²) >= 11 is 0. The van der Waals surface area contributed by atoms with Gasteiger partial charge in [0.05, 0.1) is 12.1 Å². The largest absolute Gasteiger partial charge is 0.361 e. The number of carbonyl (C=O) groups is 1. The van der Waals surface area contributed by atoms with E-state index in [0.717, 1.165) is 42.5 Å². The van der Waals surface area contributed by atoms with Gasteiger partial charge < -0.3 is 14.4 Å². The third-order valence-electron chi connectivity index (χ3n) is 4.66. The molecule has 1 aliphatic heterocycles. The molecular formula is C18H20N4O2. The number of nitrogens with zero attached hydrogens (tertiary/aromatic N) is 3. The van der Waals surface area contributed by atoms with E-state index in [9.17, 15) is 4.79 Å². The fraction of sp³-hybridized carbons (Fsp3) is 0.389. The fourth-order valence-corrected chi connectivity index (χ4v) is 3.43. The van der Waals surface area contributed by atoms with Crippen LogP contribution in [0.25, 0.3) is 10.9 Å². The first-order chi connectivity index (χ1) is 11.7. The van der Waals surface area contributed by atoms with Crippen molar-refractivity contribution >= 4 is 16.8 Å². The SMILES string of the molecule is Cc1cc(CC(=O)N2CCCC(c3cc4cnccc4[nH]3)C2)on1. The quantitative estimate of drug-likeness (QED) is 0.804. The van der Waals surface area contributed by atoms with Crippen LogP contribution in [0.2, 0.25) is 0 Å². The number of hydrogen-bond acceptors (Lipinski definition) is 4. The summed E-state index contributed by atoms with van der Waals surface area (Å²) in [6.45, 7) is 3.41. The number of H-pyrrole nitrogens is 1. The minimum Gasteiger partial charge on any atom is -0.361 e. The third kappa shape index (κ3) is 2.91. The van der Waals surface area contributed by atoms with Crippen molar-refractivity contribution in [3.63, 3.8) is 0 Å². The molecular weight excluding hydrogens is 304 g/mol. The van der Waals surface area contributed by atoms with E-state index < -0.39 is 0 Å². The number of rotatable bonds is 3. The topological polar surface area (TPSA) is 75.0 Å². The molecule has 0 aromatic carbocycles. The molecule has 0 spiro atoms. The highest BCUT2D eigenvalue weighted by atomic mass is 16.5. The predicted molar refractivity (Wildman–Crippen MR) is 89.6 cm³/mol. The Labute approximate surface area is 139 Å². The molecule has 1 amide bonds. The van der Waals surface area contributed by atoms with Crippen LogP contribution < -0.4 is 0 Å². The van der Waals surface area contributed by atoms with Gasteiger partial charge in [-0.25, -0.2) is 0 Å². The van der Waals surface area contributed by atoms with Gasteiger partial charge in [0.25, 0.3) is 0 Å². The summed E-state index contributed by atoms with van der Waals surface area (Å²) in [7, 11) is 0. The van der Waals surface area contributed by atoms with Crippen molar-refractivity contribution < 1.29 is 9.32 Å². The Morgan fingerprint density at radius 2 is 2.38 bits per heavy atom. The number of aromatic amines is 1. The number of hydrogen-bond donors (Lipinski definition) is 1. The second-order valence-electron chi connectivity index (χ2n) is 6.48. The standard InChI is InChI=1S/C18H20N4O2/c1-12-7-15(24-21-12)9-18(23)22-6-2-3-13(11-22)17-8-14-10-19-5-4-16(14)20-17/h4-5,7-8,10,13,20H,2-3,6,9,11H2,1H3. The van der Waals surface area contributed by atoms with Gasteiger partial charge in [-0.05, 0) is 31.9 Å². The minimum absolute atomic E-state index is 0.105. The zero-order valence-electron chi connectivity index (χ0n) is 13.7. The molecule has 6 heteroatoms.